The van der Waals surface area contributed by atoms with Crippen molar-refractivity contribution in [3.63, 3.8) is 0 Å². The molecule has 0 aliphatic rings. The lowest BCUT2D eigenvalue weighted by Gasteiger charge is -2.07. The van der Waals surface area contributed by atoms with Crippen LogP contribution in [0, 0.1) is 10.1 Å². The van der Waals surface area contributed by atoms with Crippen molar-refractivity contribution >= 4 is 31.2 Å². The van der Waals surface area contributed by atoms with Crippen LogP contribution < -0.4 is 5.73 Å². The number of nitrogens with two attached hydrogens (primary N) is 1. The van der Waals surface area contributed by atoms with E-state index in [1.807, 2.05) is 0 Å². The highest BCUT2D eigenvalue weighted by Crippen LogP contribution is 2.37. The number of pyridine rings is 1. The van der Waals surface area contributed by atoms with E-state index in [9.17, 15) is 27.3 Å². The van der Waals surface area contributed by atoms with E-state index in [0.717, 1.165) is 0 Å². The van der Waals surface area contributed by atoms with Crippen molar-refractivity contribution in [2.24, 2.45) is 0 Å². The van der Waals surface area contributed by atoms with E-state index in [1.54, 1.807) is 0 Å². The van der Waals surface area contributed by atoms with Crippen LogP contribution in [0.15, 0.2) is 11.1 Å². The third kappa shape index (κ3) is 2.58. The number of hydrogen-bond acceptors (Lipinski definition) is 6. The minimum absolute atomic E-state index is 0.433. The van der Waals surface area contributed by atoms with Gasteiger partial charge in [0.05, 0.1) is 10.5 Å². The molecule has 1 rings (SSSR count). The van der Waals surface area contributed by atoms with Gasteiger partial charge in [0.25, 0.3) is 15.5 Å². The molecule has 0 bridgehead atoms. The lowest BCUT2D eigenvalue weighted by Crippen LogP contribution is -2.08. The Morgan fingerprint density at radius 1 is 1.53 bits per heavy atom. The van der Waals surface area contributed by atoms with Gasteiger partial charge in [-0.05, 0) is 0 Å². The molecule has 0 saturated heterocycles. The van der Waals surface area contributed by atoms with E-state index >= 15 is 0 Å². The Morgan fingerprint density at radius 2 is 2.06 bits per heavy atom. The largest absolute Gasteiger partial charge is 0.378 e. The second kappa shape index (κ2) is 4.37. The fourth-order valence-electron chi connectivity index (χ4n) is 1.10. The van der Waals surface area contributed by atoms with Crippen LogP contribution in [-0.4, -0.2) is 18.3 Å². The second-order valence-electron chi connectivity index (χ2n) is 2.77. The lowest BCUT2D eigenvalue weighted by molar-refractivity contribution is -0.387. The molecule has 0 radical (unpaired) electrons. The Morgan fingerprint density at radius 3 is 2.41 bits per heavy atom. The van der Waals surface area contributed by atoms with Crippen LogP contribution in [-0.2, 0) is 9.05 Å². The van der Waals surface area contributed by atoms with Gasteiger partial charge in [0, 0.05) is 16.9 Å². The van der Waals surface area contributed by atoms with Crippen molar-refractivity contribution < 1.29 is 22.1 Å². The van der Waals surface area contributed by atoms with Gasteiger partial charge in [0.1, 0.15) is 0 Å². The quantitative estimate of drug-likeness (QED) is 0.511. The fraction of sp³-hybridized carbons (Fsp3) is 0.167. The number of aromatic nitrogens is 1. The number of hydrogen-bond donors (Lipinski definition) is 1. The first-order valence-electron chi connectivity index (χ1n) is 3.81. The van der Waals surface area contributed by atoms with Crippen molar-refractivity contribution in [3.05, 3.63) is 21.9 Å². The first-order chi connectivity index (χ1) is 7.66. The third-order valence-corrected chi connectivity index (χ3v) is 3.10. The summed E-state index contributed by atoms with van der Waals surface area (Å²) in [7, 11) is 0.134. The van der Waals surface area contributed by atoms with Crippen molar-refractivity contribution in [1.82, 2.24) is 4.98 Å². The third-order valence-electron chi connectivity index (χ3n) is 1.72. The molecule has 1 aromatic rings. The van der Waals surface area contributed by atoms with Gasteiger partial charge >= 0.3 is 5.69 Å². The molecule has 0 spiro atoms. The van der Waals surface area contributed by atoms with E-state index in [-0.39, 0.29) is 0 Å². The predicted octanol–water partition coefficient (Wildman–Crippen LogP) is 1.44. The van der Waals surface area contributed by atoms with Crippen LogP contribution >= 0.6 is 10.7 Å². The highest BCUT2D eigenvalue weighted by molar-refractivity contribution is 8.13. The van der Waals surface area contributed by atoms with Crippen molar-refractivity contribution in [2.45, 2.75) is 11.3 Å². The Balaban J connectivity index is 3.82. The SMILES string of the molecule is Nc1ncc(C(F)F)c(S(=O)(=O)Cl)c1[N+](=O)[O-]. The topological polar surface area (TPSA) is 116 Å². The molecule has 11 heteroatoms. The van der Waals surface area contributed by atoms with Gasteiger partial charge < -0.3 is 5.73 Å². The zero-order valence-corrected chi connectivity index (χ0v) is 9.37. The molecule has 7 nitrogen and oxygen atoms in total. The molecular weight excluding hydrogens is 284 g/mol. The fourth-order valence-corrected chi connectivity index (χ4v) is 2.42. The molecule has 0 aromatic carbocycles. The lowest BCUT2D eigenvalue weighted by atomic mass is 10.2. The first-order valence-corrected chi connectivity index (χ1v) is 6.12. The van der Waals surface area contributed by atoms with Crippen molar-refractivity contribution in [1.29, 1.82) is 0 Å². The zero-order chi connectivity index (χ0) is 13.4. The standard InChI is InChI=1S/C6H4ClF2N3O4S/c7-17(15,16)4-2(5(8)9)1-11-6(10)3(4)12(13)14/h1,5H,(H2,10,11). The zero-order valence-electron chi connectivity index (χ0n) is 7.80. The van der Waals surface area contributed by atoms with Crippen LogP contribution in [0.2, 0.25) is 0 Å². The van der Waals surface area contributed by atoms with Gasteiger partial charge in [-0.25, -0.2) is 22.2 Å². The minimum Gasteiger partial charge on any atom is -0.378 e. The Hall–Kier alpha value is -1.55. The maximum atomic E-state index is 12.5. The van der Waals surface area contributed by atoms with Gasteiger partial charge in [-0.2, -0.15) is 0 Å². The number of nitrogens with zero attached hydrogens (tertiary/aromatic N) is 2. The van der Waals surface area contributed by atoms with Gasteiger partial charge in [-0.3, -0.25) is 10.1 Å². The Labute approximate surface area is 97.8 Å². The molecule has 2 N–H and O–H groups in total. The summed E-state index contributed by atoms with van der Waals surface area (Å²) in [6.45, 7) is 0. The molecule has 0 fully saturated rings. The summed E-state index contributed by atoms with van der Waals surface area (Å²) < 4.78 is 47.2. The summed E-state index contributed by atoms with van der Waals surface area (Å²) in [4.78, 5) is 11.2. The number of anilines is 1. The number of alkyl halides is 2. The average Bonchev–Trinajstić information content (AvgIpc) is 2.14. The molecule has 0 saturated carbocycles. The summed E-state index contributed by atoms with van der Waals surface area (Å²) in [6.07, 6.45) is -2.85. The number of nitro groups is 1. The molecule has 0 aliphatic carbocycles. The van der Waals surface area contributed by atoms with Crippen LogP contribution in [0.3, 0.4) is 0 Å². The van der Waals surface area contributed by atoms with Gasteiger partial charge in [0.2, 0.25) is 5.82 Å². The molecule has 17 heavy (non-hydrogen) atoms. The normalized spacial score (nSPS) is 11.8. The molecule has 0 amide bonds. The summed E-state index contributed by atoms with van der Waals surface area (Å²) >= 11 is 0. The number of rotatable bonds is 3. The smallest absolute Gasteiger partial charge is 0.331 e. The van der Waals surface area contributed by atoms with E-state index in [1.165, 1.54) is 0 Å². The highest BCUT2D eigenvalue weighted by Gasteiger charge is 2.34. The highest BCUT2D eigenvalue weighted by atomic mass is 35.7. The summed E-state index contributed by atoms with van der Waals surface area (Å²) in [6, 6.07) is 0. The summed E-state index contributed by atoms with van der Waals surface area (Å²) in [5, 5.41) is 10.6. The number of nitrogen functional groups attached to an aromatic ring is 1. The van der Waals surface area contributed by atoms with Gasteiger partial charge in [-0.1, -0.05) is 0 Å². The predicted molar refractivity (Wildman–Crippen MR) is 53.3 cm³/mol. The minimum atomic E-state index is -4.75. The molecule has 1 heterocycles. The summed E-state index contributed by atoms with van der Waals surface area (Å²) in [5.41, 5.74) is 2.65. The van der Waals surface area contributed by atoms with Crippen molar-refractivity contribution in [2.75, 3.05) is 5.73 Å². The number of halogens is 3. The maximum absolute atomic E-state index is 12.5. The van der Waals surface area contributed by atoms with Gasteiger partial charge in [0.15, 0.2) is 4.90 Å². The van der Waals surface area contributed by atoms with E-state index in [2.05, 4.69) is 4.98 Å². The monoisotopic (exact) mass is 287 g/mol. The van der Waals surface area contributed by atoms with Crippen LogP contribution in [0.25, 0.3) is 0 Å². The van der Waals surface area contributed by atoms with Crippen molar-refractivity contribution in [3.8, 4) is 0 Å². The maximum Gasteiger partial charge on any atom is 0.331 e. The van der Waals surface area contributed by atoms with E-state index in [4.69, 9.17) is 16.4 Å². The molecule has 94 valence electrons. The van der Waals surface area contributed by atoms with Crippen LogP contribution in [0.5, 0.6) is 0 Å². The first kappa shape index (κ1) is 13.5. The second-order valence-corrected chi connectivity index (χ2v) is 5.27. The van der Waals surface area contributed by atoms with E-state index in [0.29, 0.717) is 6.20 Å². The van der Waals surface area contributed by atoms with E-state index < -0.39 is 42.4 Å². The molecule has 1 aromatic heterocycles. The van der Waals surface area contributed by atoms with Crippen LogP contribution in [0.4, 0.5) is 20.3 Å². The summed E-state index contributed by atoms with van der Waals surface area (Å²) in [5.74, 6) is -0.807. The molecular formula is C6H4ClF2N3O4S. The Kier molecular flexibility index (Phi) is 3.48. The molecule has 0 aliphatic heterocycles. The van der Waals surface area contributed by atoms with Crippen LogP contribution in [0.1, 0.15) is 12.0 Å². The molecule has 0 unspecified atom stereocenters. The Bertz CT molecular complexity index is 577. The van der Waals surface area contributed by atoms with Gasteiger partial charge in [-0.15, -0.1) is 0 Å². The average molecular weight is 288 g/mol. The molecule has 0 atom stereocenters.